The smallest absolute Gasteiger partial charge is 0.121 e. The molecule has 17 heavy (non-hydrogen) atoms. The molecule has 2 nitrogen and oxygen atoms in total. The van der Waals surface area contributed by atoms with E-state index < -0.39 is 0 Å². The third-order valence-electron chi connectivity index (χ3n) is 3.40. The first-order valence-electron chi connectivity index (χ1n) is 6.39. The van der Waals surface area contributed by atoms with E-state index in [-0.39, 0.29) is 5.60 Å². The van der Waals surface area contributed by atoms with Gasteiger partial charge in [0.2, 0.25) is 0 Å². The van der Waals surface area contributed by atoms with Gasteiger partial charge in [0.05, 0.1) is 0 Å². The molecule has 0 aliphatic heterocycles. The van der Waals surface area contributed by atoms with Crippen LogP contribution in [0, 0.1) is 3.57 Å². The Kier molecular flexibility index (Phi) is 4.68. The molecule has 0 atom stereocenters. The molecule has 0 amide bonds. The van der Waals surface area contributed by atoms with E-state index in [0.29, 0.717) is 0 Å². The van der Waals surface area contributed by atoms with Crippen LogP contribution in [0.3, 0.4) is 0 Å². The van der Waals surface area contributed by atoms with E-state index >= 15 is 0 Å². The van der Waals surface area contributed by atoms with Gasteiger partial charge >= 0.3 is 0 Å². The van der Waals surface area contributed by atoms with E-state index in [2.05, 4.69) is 59.1 Å². The fourth-order valence-corrected chi connectivity index (χ4v) is 2.76. The van der Waals surface area contributed by atoms with E-state index in [0.717, 1.165) is 25.3 Å². The van der Waals surface area contributed by atoms with Gasteiger partial charge in [-0.3, -0.25) is 0 Å². The monoisotopic (exact) mass is 345 g/mol. The third kappa shape index (κ3) is 3.58. The fourth-order valence-electron chi connectivity index (χ4n) is 2.25. The van der Waals surface area contributed by atoms with E-state index in [1.165, 1.54) is 22.8 Å². The van der Waals surface area contributed by atoms with Crippen molar-refractivity contribution in [1.29, 1.82) is 0 Å². The second kappa shape index (κ2) is 6.05. The quantitative estimate of drug-likeness (QED) is 0.628. The van der Waals surface area contributed by atoms with Crippen molar-refractivity contribution in [1.82, 2.24) is 5.32 Å². The maximum atomic E-state index is 6.22. The van der Waals surface area contributed by atoms with Crippen molar-refractivity contribution in [3.05, 3.63) is 27.8 Å². The van der Waals surface area contributed by atoms with Gasteiger partial charge in [-0.2, -0.15) is 0 Å². The van der Waals surface area contributed by atoms with Gasteiger partial charge in [-0.1, -0.05) is 13.0 Å². The molecule has 1 aromatic rings. The maximum absolute atomic E-state index is 6.22. The molecule has 0 heterocycles. The van der Waals surface area contributed by atoms with E-state index in [9.17, 15) is 0 Å². The highest BCUT2D eigenvalue weighted by Gasteiger charge is 2.38. The molecule has 1 saturated carbocycles. The SMILES string of the molecule is CCNCCC1(Oc2cccc(I)c2)CCC1. The molecule has 3 heteroatoms. The summed E-state index contributed by atoms with van der Waals surface area (Å²) in [6, 6.07) is 8.34. The summed E-state index contributed by atoms with van der Waals surface area (Å²) in [4.78, 5) is 0. The number of nitrogens with one attached hydrogen (secondary N) is 1. The Hall–Kier alpha value is -0.290. The molecule has 0 unspecified atom stereocenters. The van der Waals surface area contributed by atoms with Crippen molar-refractivity contribution in [3.63, 3.8) is 0 Å². The Morgan fingerprint density at radius 2 is 2.24 bits per heavy atom. The topological polar surface area (TPSA) is 21.3 Å². The summed E-state index contributed by atoms with van der Waals surface area (Å²) in [5.74, 6) is 1.02. The zero-order valence-corrected chi connectivity index (χ0v) is 12.5. The van der Waals surface area contributed by atoms with Crippen LogP contribution in [0.4, 0.5) is 0 Å². The Balaban J connectivity index is 1.94. The molecule has 0 bridgehead atoms. The van der Waals surface area contributed by atoms with Gasteiger partial charge in [0, 0.05) is 3.57 Å². The predicted molar refractivity (Wildman–Crippen MR) is 79.5 cm³/mol. The Bertz CT molecular complexity index is 363. The highest BCUT2D eigenvalue weighted by molar-refractivity contribution is 14.1. The predicted octanol–water partition coefficient (Wildman–Crippen LogP) is 3.59. The van der Waals surface area contributed by atoms with Gasteiger partial charge in [0.25, 0.3) is 0 Å². The second-order valence-electron chi connectivity index (χ2n) is 4.70. The van der Waals surface area contributed by atoms with Gasteiger partial charge in [0.1, 0.15) is 11.4 Å². The Labute approximate surface area is 117 Å². The van der Waals surface area contributed by atoms with Crippen LogP contribution in [0.25, 0.3) is 0 Å². The highest BCUT2D eigenvalue weighted by Crippen LogP contribution is 2.39. The molecule has 0 radical (unpaired) electrons. The standard InChI is InChI=1S/C14H20INO/c1-2-16-10-9-14(7-4-8-14)17-13-6-3-5-12(15)11-13/h3,5-6,11,16H,2,4,7-10H2,1H3. The van der Waals surface area contributed by atoms with Crippen LogP contribution in [0.2, 0.25) is 0 Å². The second-order valence-corrected chi connectivity index (χ2v) is 5.95. The van der Waals surface area contributed by atoms with Crippen LogP contribution in [0.5, 0.6) is 5.75 Å². The van der Waals surface area contributed by atoms with Crippen molar-refractivity contribution < 1.29 is 4.74 Å². The van der Waals surface area contributed by atoms with Crippen LogP contribution in [-0.2, 0) is 0 Å². The molecule has 0 spiro atoms. The van der Waals surface area contributed by atoms with Crippen LogP contribution in [0.15, 0.2) is 24.3 Å². The zero-order valence-electron chi connectivity index (χ0n) is 10.3. The fraction of sp³-hybridized carbons (Fsp3) is 0.571. The van der Waals surface area contributed by atoms with Gasteiger partial charge < -0.3 is 10.1 Å². The lowest BCUT2D eigenvalue weighted by Crippen LogP contribution is -2.45. The Morgan fingerprint density at radius 3 is 2.82 bits per heavy atom. The minimum atomic E-state index is 0.104. The van der Waals surface area contributed by atoms with Crippen molar-refractivity contribution in [2.75, 3.05) is 13.1 Å². The molecule has 1 aromatic carbocycles. The molecule has 1 aliphatic rings. The zero-order chi connectivity index (χ0) is 12.1. The third-order valence-corrected chi connectivity index (χ3v) is 4.07. The van der Waals surface area contributed by atoms with E-state index in [1.807, 2.05) is 0 Å². The number of rotatable bonds is 6. The average molecular weight is 345 g/mol. The molecule has 0 saturated heterocycles. The van der Waals surface area contributed by atoms with Crippen molar-refractivity contribution in [2.24, 2.45) is 0 Å². The average Bonchev–Trinajstić information content (AvgIpc) is 2.26. The number of hydrogen-bond donors (Lipinski definition) is 1. The summed E-state index contributed by atoms with van der Waals surface area (Å²) >= 11 is 2.33. The summed E-state index contributed by atoms with van der Waals surface area (Å²) in [7, 11) is 0. The molecular weight excluding hydrogens is 325 g/mol. The van der Waals surface area contributed by atoms with Gasteiger partial charge in [-0.15, -0.1) is 0 Å². The molecular formula is C14H20INO. The number of benzene rings is 1. The lowest BCUT2D eigenvalue weighted by molar-refractivity contribution is -0.0141. The van der Waals surface area contributed by atoms with Gasteiger partial charge in [-0.05, 0) is 79.6 Å². The molecule has 94 valence electrons. The normalized spacial score (nSPS) is 17.5. The van der Waals surface area contributed by atoms with Crippen LogP contribution in [0.1, 0.15) is 32.6 Å². The highest BCUT2D eigenvalue weighted by atomic mass is 127. The minimum Gasteiger partial charge on any atom is -0.487 e. The first kappa shape index (κ1) is 13.1. The molecule has 1 aliphatic carbocycles. The van der Waals surface area contributed by atoms with E-state index in [4.69, 9.17) is 4.74 Å². The van der Waals surface area contributed by atoms with Gasteiger partial charge in [-0.25, -0.2) is 0 Å². The van der Waals surface area contributed by atoms with Crippen molar-refractivity contribution in [2.45, 2.75) is 38.2 Å². The summed E-state index contributed by atoms with van der Waals surface area (Å²) in [5, 5.41) is 3.39. The number of hydrogen-bond acceptors (Lipinski definition) is 2. The largest absolute Gasteiger partial charge is 0.487 e. The number of halogens is 1. The maximum Gasteiger partial charge on any atom is 0.121 e. The first-order valence-corrected chi connectivity index (χ1v) is 7.47. The molecule has 1 N–H and O–H groups in total. The minimum absolute atomic E-state index is 0.104. The summed E-state index contributed by atoms with van der Waals surface area (Å²) in [5.41, 5.74) is 0.104. The first-order chi connectivity index (χ1) is 8.24. The molecule has 2 rings (SSSR count). The summed E-state index contributed by atoms with van der Waals surface area (Å²) < 4.78 is 7.46. The lowest BCUT2D eigenvalue weighted by atomic mass is 9.77. The summed E-state index contributed by atoms with van der Waals surface area (Å²) in [6.07, 6.45) is 4.82. The Morgan fingerprint density at radius 1 is 1.41 bits per heavy atom. The molecule has 1 fully saturated rings. The van der Waals surface area contributed by atoms with Crippen molar-refractivity contribution >= 4 is 22.6 Å². The van der Waals surface area contributed by atoms with Crippen LogP contribution < -0.4 is 10.1 Å². The van der Waals surface area contributed by atoms with Crippen LogP contribution >= 0.6 is 22.6 Å². The summed E-state index contributed by atoms with van der Waals surface area (Å²) in [6.45, 7) is 4.24. The lowest BCUT2D eigenvalue weighted by Gasteiger charge is -2.42. The number of ether oxygens (including phenoxy) is 1. The van der Waals surface area contributed by atoms with E-state index in [1.54, 1.807) is 0 Å². The van der Waals surface area contributed by atoms with Crippen LogP contribution in [-0.4, -0.2) is 18.7 Å². The van der Waals surface area contributed by atoms with Gasteiger partial charge in [0.15, 0.2) is 0 Å². The van der Waals surface area contributed by atoms with Crippen molar-refractivity contribution in [3.8, 4) is 5.75 Å². The molecule has 0 aromatic heterocycles.